The van der Waals surface area contributed by atoms with Crippen molar-refractivity contribution in [2.45, 2.75) is 44.4 Å². The minimum atomic E-state index is -3.75. The van der Waals surface area contributed by atoms with Crippen molar-refractivity contribution in [3.8, 4) is 16.9 Å². The van der Waals surface area contributed by atoms with Crippen LogP contribution in [0.1, 0.15) is 47.6 Å². The maximum absolute atomic E-state index is 13.5. The highest BCUT2D eigenvalue weighted by Crippen LogP contribution is 2.36. The van der Waals surface area contributed by atoms with E-state index in [4.69, 9.17) is 9.72 Å². The van der Waals surface area contributed by atoms with Crippen LogP contribution in [0.3, 0.4) is 0 Å². The number of carbonyl (C=O) groups is 1. The Morgan fingerprint density at radius 1 is 1.00 bits per heavy atom. The highest BCUT2D eigenvalue weighted by molar-refractivity contribution is 7.89. The Morgan fingerprint density at radius 2 is 1.68 bits per heavy atom. The van der Waals surface area contributed by atoms with E-state index in [-0.39, 0.29) is 22.2 Å². The van der Waals surface area contributed by atoms with Gasteiger partial charge in [0.15, 0.2) is 11.3 Å². The standard InChI is InChI=1S/C24H29N5O4S/c1-16-14-17(2)29-23(25-16)21(22(26-29)24(30)27-10-4-5-11-27)18-8-9-19(33-3)20(15-18)34(31,32)28-12-6-7-13-28/h8-9,14-15H,4-7,10-13H2,1-3H3. The lowest BCUT2D eigenvalue weighted by atomic mass is 10.0. The first-order chi connectivity index (χ1) is 16.3. The summed E-state index contributed by atoms with van der Waals surface area (Å²) in [4.78, 5) is 20.1. The molecule has 0 spiro atoms. The highest BCUT2D eigenvalue weighted by Gasteiger charge is 2.32. The molecule has 1 amide bonds. The van der Waals surface area contributed by atoms with E-state index in [0.717, 1.165) is 37.1 Å². The van der Waals surface area contributed by atoms with Gasteiger partial charge in [0.1, 0.15) is 10.6 Å². The third-order valence-electron chi connectivity index (χ3n) is 6.63. The van der Waals surface area contributed by atoms with Crippen molar-refractivity contribution in [2.75, 3.05) is 33.3 Å². The van der Waals surface area contributed by atoms with Gasteiger partial charge in [0, 0.05) is 37.6 Å². The lowest BCUT2D eigenvalue weighted by Gasteiger charge is -2.19. The van der Waals surface area contributed by atoms with Crippen LogP contribution in [0.25, 0.3) is 16.8 Å². The Kier molecular flexibility index (Phi) is 5.81. The zero-order valence-corrected chi connectivity index (χ0v) is 20.6. The van der Waals surface area contributed by atoms with E-state index in [0.29, 0.717) is 43.0 Å². The van der Waals surface area contributed by atoms with Crippen molar-refractivity contribution in [3.63, 3.8) is 0 Å². The van der Waals surface area contributed by atoms with Gasteiger partial charge in [-0.2, -0.15) is 9.40 Å². The van der Waals surface area contributed by atoms with Crippen LogP contribution in [-0.2, 0) is 10.0 Å². The molecule has 0 bridgehead atoms. The first-order valence-electron chi connectivity index (χ1n) is 11.7. The second-order valence-corrected chi connectivity index (χ2v) is 10.9. The minimum absolute atomic E-state index is 0.0951. The smallest absolute Gasteiger partial charge is 0.275 e. The van der Waals surface area contributed by atoms with E-state index in [1.54, 1.807) is 27.6 Å². The van der Waals surface area contributed by atoms with Gasteiger partial charge in [0.05, 0.1) is 12.7 Å². The van der Waals surface area contributed by atoms with Crippen molar-refractivity contribution in [2.24, 2.45) is 0 Å². The molecule has 4 heterocycles. The molecule has 1 aromatic carbocycles. The van der Waals surface area contributed by atoms with Crippen molar-refractivity contribution < 1.29 is 17.9 Å². The van der Waals surface area contributed by atoms with Gasteiger partial charge in [0.25, 0.3) is 5.91 Å². The summed E-state index contributed by atoms with van der Waals surface area (Å²) in [5.74, 6) is 0.120. The normalized spacial score (nSPS) is 17.1. The Hall–Kier alpha value is -2.98. The molecule has 3 aromatic rings. The van der Waals surface area contributed by atoms with Gasteiger partial charge in [-0.25, -0.2) is 17.9 Å². The van der Waals surface area contributed by atoms with E-state index >= 15 is 0 Å². The fourth-order valence-corrected chi connectivity index (χ4v) is 6.61. The molecule has 2 fully saturated rings. The molecule has 0 unspecified atom stereocenters. The van der Waals surface area contributed by atoms with Crippen LogP contribution in [0, 0.1) is 13.8 Å². The van der Waals surface area contributed by atoms with Crippen molar-refractivity contribution in [1.82, 2.24) is 23.8 Å². The van der Waals surface area contributed by atoms with Gasteiger partial charge < -0.3 is 9.64 Å². The number of aromatic nitrogens is 3. The predicted molar refractivity (Wildman–Crippen MR) is 128 cm³/mol. The average molecular weight is 484 g/mol. The number of amides is 1. The second kappa shape index (κ2) is 8.66. The molecule has 34 heavy (non-hydrogen) atoms. The number of rotatable bonds is 5. The monoisotopic (exact) mass is 483 g/mol. The summed E-state index contributed by atoms with van der Waals surface area (Å²) < 4.78 is 35.5. The maximum atomic E-state index is 13.5. The number of nitrogens with zero attached hydrogens (tertiary/aromatic N) is 5. The van der Waals surface area contributed by atoms with Crippen LogP contribution in [0.5, 0.6) is 5.75 Å². The van der Waals surface area contributed by atoms with Crippen molar-refractivity contribution >= 4 is 21.6 Å². The lowest BCUT2D eigenvalue weighted by molar-refractivity contribution is 0.0787. The number of ether oxygens (including phenoxy) is 1. The van der Waals surface area contributed by atoms with Crippen LogP contribution in [0.2, 0.25) is 0 Å². The van der Waals surface area contributed by atoms with Crippen LogP contribution >= 0.6 is 0 Å². The first-order valence-corrected chi connectivity index (χ1v) is 13.1. The summed E-state index contributed by atoms with van der Waals surface area (Å²) in [6.07, 6.45) is 3.61. The summed E-state index contributed by atoms with van der Waals surface area (Å²) in [6, 6.07) is 6.93. The summed E-state index contributed by atoms with van der Waals surface area (Å²) in [6.45, 7) is 6.17. The van der Waals surface area contributed by atoms with E-state index in [2.05, 4.69) is 5.10 Å². The second-order valence-electron chi connectivity index (χ2n) is 8.97. The van der Waals surface area contributed by atoms with E-state index in [1.807, 2.05) is 19.9 Å². The van der Waals surface area contributed by atoms with Gasteiger partial charge >= 0.3 is 0 Å². The number of likely N-dealkylation sites (tertiary alicyclic amines) is 1. The molecule has 10 heteroatoms. The molecule has 0 aliphatic carbocycles. The Morgan fingerprint density at radius 3 is 2.35 bits per heavy atom. The van der Waals surface area contributed by atoms with E-state index in [1.165, 1.54) is 11.4 Å². The van der Waals surface area contributed by atoms with Gasteiger partial charge in [-0.3, -0.25) is 4.79 Å². The number of hydrogen-bond donors (Lipinski definition) is 0. The predicted octanol–water partition coefficient (Wildman–Crippen LogP) is 3.04. The van der Waals surface area contributed by atoms with Gasteiger partial charge in [-0.15, -0.1) is 0 Å². The third kappa shape index (κ3) is 3.74. The average Bonchev–Trinajstić information content (AvgIpc) is 3.59. The van der Waals surface area contributed by atoms with Gasteiger partial charge in [0.2, 0.25) is 10.0 Å². The number of aryl methyl sites for hydroxylation is 2. The summed E-state index contributed by atoms with van der Waals surface area (Å²) in [7, 11) is -2.29. The molecule has 9 nitrogen and oxygen atoms in total. The van der Waals surface area contributed by atoms with Gasteiger partial charge in [-0.05, 0) is 63.3 Å². The number of hydrogen-bond acceptors (Lipinski definition) is 6. The van der Waals surface area contributed by atoms with Crippen molar-refractivity contribution in [3.05, 3.63) is 41.3 Å². The van der Waals surface area contributed by atoms with Crippen molar-refractivity contribution in [1.29, 1.82) is 0 Å². The van der Waals surface area contributed by atoms with Gasteiger partial charge in [-0.1, -0.05) is 6.07 Å². The number of methoxy groups -OCH3 is 1. The Bertz CT molecular complexity index is 1370. The lowest BCUT2D eigenvalue weighted by Crippen LogP contribution is -2.28. The maximum Gasteiger partial charge on any atom is 0.275 e. The van der Waals surface area contributed by atoms with Crippen LogP contribution < -0.4 is 4.74 Å². The first kappa shape index (κ1) is 22.8. The Labute approximate surface area is 199 Å². The molecular weight excluding hydrogens is 454 g/mol. The molecule has 0 atom stereocenters. The van der Waals surface area contributed by atoms with Crippen LogP contribution in [-0.4, -0.2) is 71.4 Å². The molecule has 2 aliphatic heterocycles. The van der Waals surface area contributed by atoms with E-state index < -0.39 is 10.0 Å². The fraction of sp³-hybridized carbons (Fsp3) is 0.458. The molecule has 2 saturated heterocycles. The quantitative estimate of drug-likeness (QED) is 0.553. The molecule has 2 aromatic heterocycles. The molecule has 5 rings (SSSR count). The Balaban J connectivity index is 1.74. The highest BCUT2D eigenvalue weighted by atomic mass is 32.2. The third-order valence-corrected chi connectivity index (χ3v) is 8.55. The molecule has 0 radical (unpaired) electrons. The number of benzene rings is 1. The molecule has 0 saturated carbocycles. The van der Waals surface area contributed by atoms with E-state index in [9.17, 15) is 13.2 Å². The molecule has 2 aliphatic rings. The van der Waals surface area contributed by atoms with Crippen LogP contribution in [0.15, 0.2) is 29.2 Å². The summed E-state index contributed by atoms with van der Waals surface area (Å²) >= 11 is 0. The number of carbonyl (C=O) groups excluding carboxylic acids is 1. The van der Waals surface area contributed by atoms with Crippen LogP contribution in [0.4, 0.5) is 0 Å². The number of sulfonamides is 1. The molecule has 0 N–H and O–H groups in total. The topological polar surface area (TPSA) is 97.1 Å². The molecule has 180 valence electrons. The largest absolute Gasteiger partial charge is 0.495 e. The zero-order valence-electron chi connectivity index (χ0n) is 19.7. The minimum Gasteiger partial charge on any atom is -0.495 e. The fourth-order valence-electron chi connectivity index (χ4n) is 4.91. The molecular formula is C24H29N5O4S. The summed E-state index contributed by atoms with van der Waals surface area (Å²) in [5, 5.41) is 4.66. The number of fused-ring (bicyclic) bond motifs is 1. The summed E-state index contributed by atoms with van der Waals surface area (Å²) in [5.41, 5.74) is 3.60. The zero-order chi connectivity index (χ0) is 24.0. The SMILES string of the molecule is COc1ccc(-c2c(C(=O)N3CCCC3)nn3c(C)cc(C)nc23)cc1S(=O)(=O)N1CCCC1.